The lowest BCUT2D eigenvalue weighted by Gasteiger charge is -2.29. The molecule has 1 aliphatic rings. The first-order valence-electron chi connectivity index (χ1n) is 7.38. The summed E-state index contributed by atoms with van der Waals surface area (Å²) in [6.45, 7) is 6.14. The van der Waals surface area contributed by atoms with Crippen LogP contribution in [0.1, 0.15) is 36.5 Å². The van der Waals surface area contributed by atoms with Gasteiger partial charge in [-0.2, -0.15) is 0 Å². The maximum absolute atomic E-state index is 12.1. The van der Waals surface area contributed by atoms with E-state index >= 15 is 0 Å². The van der Waals surface area contributed by atoms with Crippen LogP contribution in [-0.2, 0) is 0 Å². The number of amides is 1. The molecule has 21 heavy (non-hydrogen) atoms. The molecule has 116 valence electrons. The van der Waals surface area contributed by atoms with Gasteiger partial charge in [-0.05, 0) is 37.9 Å². The molecule has 0 aliphatic carbocycles. The lowest BCUT2D eigenvalue weighted by molar-refractivity contribution is 0.0942. The van der Waals surface area contributed by atoms with E-state index in [0.717, 1.165) is 6.54 Å². The number of halogens is 2. The highest BCUT2D eigenvalue weighted by Gasteiger charge is 2.16. The minimum atomic E-state index is -0.199. The van der Waals surface area contributed by atoms with Crippen molar-refractivity contribution >= 4 is 29.1 Å². The Morgan fingerprint density at radius 2 is 2.10 bits per heavy atom. The van der Waals surface area contributed by atoms with Gasteiger partial charge in [0.1, 0.15) is 5.15 Å². The van der Waals surface area contributed by atoms with Crippen LogP contribution in [0.4, 0.5) is 0 Å². The van der Waals surface area contributed by atoms with Crippen molar-refractivity contribution in [3.63, 3.8) is 0 Å². The summed E-state index contributed by atoms with van der Waals surface area (Å²) in [5.41, 5.74) is 0.377. The Morgan fingerprint density at radius 3 is 2.81 bits per heavy atom. The summed E-state index contributed by atoms with van der Waals surface area (Å²) in [6.07, 6.45) is 5.30. The van der Waals surface area contributed by atoms with Gasteiger partial charge in [0.05, 0.1) is 10.6 Å². The van der Waals surface area contributed by atoms with Gasteiger partial charge in [-0.25, -0.2) is 4.98 Å². The largest absolute Gasteiger partial charge is 0.352 e. The Hall–Kier alpha value is -0.840. The predicted octanol–water partition coefficient (Wildman–Crippen LogP) is 3.24. The van der Waals surface area contributed by atoms with Crippen molar-refractivity contribution < 1.29 is 4.79 Å². The van der Waals surface area contributed by atoms with Crippen LogP contribution in [-0.4, -0.2) is 42.0 Å². The second-order valence-electron chi connectivity index (χ2n) is 5.66. The van der Waals surface area contributed by atoms with E-state index in [4.69, 9.17) is 23.2 Å². The summed E-state index contributed by atoms with van der Waals surface area (Å²) in [6, 6.07) is 1.49. The standard InChI is InChI=1S/C15H21Cl2N3O/c1-11(10-20-5-3-2-4-6-20)8-19-15(21)12-7-14(17)18-9-13(12)16/h7,9,11H,2-6,8,10H2,1H3,(H,19,21). The number of likely N-dealkylation sites (tertiary alicyclic amines) is 1. The molecule has 6 heteroatoms. The summed E-state index contributed by atoms with van der Waals surface area (Å²) < 4.78 is 0. The number of pyridine rings is 1. The summed E-state index contributed by atoms with van der Waals surface area (Å²) in [4.78, 5) is 18.4. The van der Waals surface area contributed by atoms with Crippen LogP contribution in [0.5, 0.6) is 0 Å². The molecule has 1 aliphatic heterocycles. The van der Waals surface area contributed by atoms with Gasteiger partial charge in [-0.1, -0.05) is 36.5 Å². The number of hydrogen-bond donors (Lipinski definition) is 1. The molecule has 4 nitrogen and oxygen atoms in total. The average molecular weight is 330 g/mol. The molecule has 2 heterocycles. The highest BCUT2D eigenvalue weighted by molar-refractivity contribution is 6.35. The number of nitrogens with zero attached hydrogens (tertiary/aromatic N) is 2. The molecule has 0 spiro atoms. The van der Waals surface area contributed by atoms with E-state index in [2.05, 4.69) is 22.1 Å². The molecule has 2 rings (SSSR count). The SMILES string of the molecule is CC(CNC(=O)c1cc(Cl)ncc1Cl)CN1CCCCC1. The monoisotopic (exact) mass is 329 g/mol. The first-order valence-corrected chi connectivity index (χ1v) is 8.13. The Balaban J connectivity index is 1.81. The second-order valence-corrected chi connectivity index (χ2v) is 6.46. The lowest BCUT2D eigenvalue weighted by atomic mass is 10.1. The summed E-state index contributed by atoms with van der Waals surface area (Å²) in [7, 11) is 0. The first kappa shape index (κ1) is 16.5. The zero-order valence-corrected chi connectivity index (χ0v) is 13.8. The first-order chi connectivity index (χ1) is 10.1. The average Bonchev–Trinajstić information content (AvgIpc) is 2.48. The van der Waals surface area contributed by atoms with Crippen molar-refractivity contribution in [1.82, 2.24) is 15.2 Å². The molecule has 1 saturated heterocycles. The Kier molecular flexibility index (Phi) is 6.27. The zero-order valence-electron chi connectivity index (χ0n) is 12.2. The highest BCUT2D eigenvalue weighted by Crippen LogP contribution is 2.18. The molecular formula is C15H21Cl2N3O. The molecule has 0 radical (unpaired) electrons. The van der Waals surface area contributed by atoms with Crippen LogP contribution < -0.4 is 5.32 Å². The van der Waals surface area contributed by atoms with E-state index in [9.17, 15) is 4.79 Å². The normalized spacial score (nSPS) is 17.5. The van der Waals surface area contributed by atoms with E-state index in [0.29, 0.717) is 23.0 Å². The number of carbonyl (C=O) groups is 1. The van der Waals surface area contributed by atoms with E-state index < -0.39 is 0 Å². The summed E-state index contributed by atoms with van der Waals surface area (Å²) in [5, 5.41) is 3.51. The maximum Gasteiger partial charge on any atom is 0.252 e. The fourth-order valence-electron chi connectivity index (χ4n) is 2.60. The van der Waals surface area contributed by atoms with Crippen molar-refractivity contribution in [3.8, 4) is 0 Å². The third kappa shape index (κ3) is 5.13. The van der Waals surface area contributed by atoms with Crippen LogP contribution in [0, 0.1) is 5.92 Å². The fourth-order valence-corrected chi connectivity index (χ4v) is 2.94. The van der Waals surface area contributed by atoms with Gasteiger partial charge in [0.15, 0.2) is 0 Å². The van der Waals surface area contributed by atoms with Gasteiger partial charge in [-0.3, -0.25) is 4.79 Å². The molecule has 1 atom stereocenters. The Labute approximate surface area is 135 Å². The molecule has 0 saturated carbocycles. The Bertz CT molecular complexity index is 490. The molecule has 1 N–H and O–H groups in total. The van der Waals surface area contributed by atoms with E-state index in [1.807, 2.05) is 0 Å². The smallest absolute Gasteiger partial charge is 0.252 e. The number of carbonyl (C=O) groups excluding carboxylic acids is 1. The van der Waals surface area contributed by atoms with Crippen molar-refractivity contribution in [2.45, 2.75) is 26.2 Å². The predicted molar refractivity (Wildman–Crippen MR) is 86.0 cm³/mol. The van der Waals surface area contributed by atoms with Crippen LogP contribution in [0.15, 0.2) is 12.3 Å². The van der Waals surface area contributed by atoms with Gasteiger partial charge in [-0.15, -0.1) is 0 Å². The molecule has 0 bridgehead atoms. The molecule has 1 fully saturated rings. The van der Waals surface area contributed by atoms with E-state index in [1.165, 1.54) is 44.6 Å². The molecule has 1 amide bonds. The van der Waals surface area contributed by atoms with Gasteiger partial charge in [0, 0.05) is 19.3 Å². The van der Waals surface area contributed by atoms with Crippen molar-refractivity contribution in [3.05, 3.63) is 28.0 Å². The van der Waals surface area contributed by atoms with Crippen molar-refractivity contribution in [1.29, 1.82) is 0 Å². The Morgan fingerprint density at radius 1 is 1.38 bits per heavy atom. The number of piperidine rings is 1. The number of hydrogen-bond acceptors (Lipinski definition) is 3. The summed E-state index contributed by atoms with van der Waals surface area (Å²) in [5.74, 6) is 0.206. The highest BCUT2D eigenvalue weighted by atomic mass is 35.5. The topological polar surface area (TPSA) is 45.2 Å². The lowest BCUT2D eigenvalue weighted by Crippen LogP contribution is -2.38. The number of aromatic nitrogens is 1. The van der Waals surface area contributed by atoms with Crippen molar-refractivity contribution in [2.24, 2.45) is 5.92 Å². The number of rotatable bonds is 5. The quantitative estimate of drug-likeness (QED) is 0.843. The minimum absolute atomic E-state index is 0.199. The van der Waals surface area contributed by atoms with Crippen LogP contribution in [0.2, 0.25) is 10.2 Å². The van der Waals surface area contributed by atoms with Gasteiger partial charge >= 0.3 is 0 Å². The molecule has 1 aromatic heterocycles. The molecular weight excluding hydrogens is 309 g/mol. The minimum Gasteiger partial charge on any atom is -0.352 e. The summed E-state index contributed by atoms with van der Waals surface area (Å²) >= 11 is 11.8. The van der Waals surface area contributed by atoms with Gasteiger partial charge in [0.25, 0.3) is 5.91 Å². The third-order valence-corrected chi connectivity index (χ3v) is 4.20. The zero-order chi connectivity index (χ0) is 15.2. The second kappa shape index (κ2) is 7.97. The molecule has 1 aromatic rings. The molecule has 0 aromatic carbocycles. The molecule has 1 unspecified atom stereocenters. The van der Waals surface area contributed by atoms with Crippen LogP contribution >= 0.6 is 23.2 Å². The number of nitrogens with one attached hydrogen (secondary N) is 1. The van der Waals surface area contributed by atoms with Crippen molar-refractivity contribution in [2.75, 3.05) is 26.2 Å². The third-order valence-electron chi connectivity index (χ3n) is 3.70. The van der Waals surface area contributed by atoms with Crippen LogP contribution in [0.3, 0.4) is 0 Å². The van der Waals surface area contributed by atoms with E-state index in [1.54, 1.807) is 0 Å². The van der Waals surface area contributed by atoms with Gasteiger partial charge < -0.3 is 10.2 Å². The van der Waals surface area contributed by atoms with E-state index in [-0.39, 0.29) is 11.1 Å². The fraction of sp³-hybridized carbons (Fsp3) is 0.600. The van der Waals surface area contributed by atoms with Gasteiger partial charge in [0.2, 0.25) is 0 Å². The maximum atomic E-state index is 12.1. The van der Waals surface area contributed by atoms with Crippen LogP contribution in [0.25, 0.3) is 0 Å².